The van der Waals surface area contributed by atoms with Crippen LogP contribution in [0.3, 0.4) is 0 Å². The van der Waals surface area contributed by atoms with Gasteiger partial charge in [-0.1, -0.05) is 29.3 Å². The number of nitrogens with zero attached hydrogens (tertiary/aromatic N) is 4. The molecule has 0 amide bonds. The zero-order valence-corrected chi connectivity index (χ0v) is 14.2. The fourth-order valence-electron chi connectivity index (χ4n) is 2.20. The molecule has 0 saturated carbocycles. The van der Waals surface area contributed by atoms with Crippen molar-refractivity contribution in [3.63, 3.8) is 0 Å². The summed E-state index contributed by atoms with van der Waals surface area (Å²) in [6.07, 6.45) is 0.449. The lowest BCUT2D eigenvalue weighted by Gasteiger charge is -2.08. The van der Waals surface area contributed by atoms with Gasteiger partial charge in [-0.15, -0.1) is 0 Å². The van der Waals surface area contributed by atoms with Crippen LogP contribution in [0.25, 0.3) is 0 Å². The molecular weight excluding hydrogens is 333 g/mol. The molecule has 117 valence electrons. The molecule has 3 rings (SSSR count). The van der Waals surface area contributed by atoms with Crippen LogP contribution in [-0.2, 0) is 6.42 Å². The minimum Gasteiger partial charge on any atom is -0.261 e. The minimum absolute atomic E-state index is 0.449. The maximum Gasteiger partial charge on any atom is 0.158 e. The molecule has 1 N–H and O–H groups in total. The molecule has 2 aromatic heterocycles. The molecule has 1 aromatic carbocycles. The maximum absolute atomic E-state index is 6.21. The lowest BCUT2D eigenvalue weighted by atomic mass is 10.1. The molecule has 1 radical (unpaired) electrons. The lowest BCUT2D eigenvalue weighted by molar-refractivity contribution is 0.905. The average Bonchev–Trinajstić information content (AvgIpc) is 2.88. The Bertz CT molecular complexity index is 824. The van der Waals surface area contributed by atoms with Gasteiger partial charge in [-0.25, -0.2) is 15.3 Å². The molecule has 2 heterocycles. The van der Waals surface area contributed by atoms with Crippen molar-refractivity contribution in [1.29, 1.82) is 0 Å². The maximum atomic E-state index is 6.21. The molecule has 0 bridgehead atoms. The highest BCUT2D eigenvalue weighted by atomic mass is 35.5. The molecule has 0 atom stereocenters. The average molecular weight is 347 g/mol. The van der Waals surface area contributed by atoms with Crippen molar-refractivity contribution < 1.29 is 0 Å². The number of aryl methyl sites for hydroxylation is 2. The van der Waals surface area contributed by atoms with Crippen LogP contribution in [0.5, 0.6) is 0 Å². The smallest absolute Gasteiger partial charge is 0.158 e. The Morgan fingerprint density at radius 2 is 1.78 bits per heavy atom. The summed E-state index contributed by atoms with van der Waals surface area (Å²) >= 11 is 12.4. The van der Waals surface area contributed by atoms with E-state index < -0.39 is 0 Å². The van der Waals surface area contributed by atoms with Crippen LogP contribution in [0, 0.1) is 13.8 Å². The minimum atomic E-state index is 0.449. The Morgan fingerprint density at radius 3 is 2.43 bits per heavy atom. The van der Waals surface area contributed by atoms with Crippen molar-refractivity contribution in [3.8, 4) is 0 Å². The normalized spacial score (nSPS) is 10.8. The number of H-pyrrole nitrogens is 1. The number of halogens is 2. The molecule has 23 heavy (non-hydrogen) atoms. The van der Waals surface area contributed by atoms with E-state index in [4.69, 9.17) is 23.2 Å². The summed E-state index contributed by atoms with van der Waals surface area (Å²) in [5.41, 5.74) is 2.51. The second-order valence-corrected chi connectivity index (χ2v) is 5.98. The van der Waals surface area contributed by atoms with Gasteiger partial charge in [0.1, 0.15) is 5.82 Å². The van der Waals surface area contributed by atoms with Crippen LogP contribution < -0.4 is 5.32 Å². The van der Waals surface area contributed by atoms with Crippen molar-refractivity contribution in [3.05, 3.63) is 63.2 Å². The van der Waals surface area contributed by atoms with E-state index in [1.165, 1.54) is 0 Å². The second kappa shape index (κ2) is 6.56. The van der Waals surface area contributed by atoms with Gasteiger partial charge in [0.15, 0.2) is 11.6 Å². The van der Waals surface area contributed by atoms with E-state index in [1.807, 2.05) is 32.0 Å². The van der Waals surface area contributed by atoms with Gasteiger partial charge in [0, 0.05) is 34.3 Å². The summed E-state index contributed by atoms with van der Waals surface area (Å²) in [5, 5.41) is 12.5. The van der Waals surface area contributed by atoms with Gasteiger partial charge < -0.3 is 0 Å². The lowest BCUT2D eigenvalue weighted by Crippen LogP contribution is -2.03. The summed E-state index contributed by atoms with van der Waals surface area (Å²) in [4.78, 5) is 8.92. The van der Waals surface area contributed by atoms with E-state index >= 15 is 0 Å². The first-order valence-corrected chi connectivity index (χ1v) is 7.78. The van der Waals surface area contributed by atoms with Crippen LogP contribution in [0.4, 0.5) is 11.6 Å². The highest BCUT2D eigenvalue weighted by Gasteiger charge is 2.11. The molecule has 3 aromatic rings. The van der Waals surface area contributed by atoms with E-state index in [-0.39, 0.29) is 0 Å². The Hall–Kier alpha value is -2.11. The van der Waals surface area contributed by atoms with Crippen molar-refractivity contribution >= 4 is 34.8 Å². The summed E-state index contributed by atoms with van der Waals surface area (Å²) in [6, 6.07) is 9.08. The Balaban J connectivity index is 1.88. The molecule has 0 aliphatic rings. The molecule has 0 unspecified atom stereocenters. The van der Waals surface area contributed by atoms with Gasteiger partial charge in [-0.3, -0.25) is 5.10 Å². The van der Waals surface area contributed by atoms with Crippen LogP contribution in [0.15, 0.2) is 30.3 Å². The summed E-state index contributed by atoms with van der Waals surface area (Å²) < 4.78 is 0. The number of hydrogen-bond donors (Lipinski definition) is 1. The van der Waals surface area contributed by atoms with Gasteiger partial charge >= 0.3 is 0 Å². The summed E-state index contributed by atoms with van der Waals surface area (Å²) in [5.74, 6) is 1.84. The standard InChI is InChI=1S/C16H14Cl2N5/c1-9-6-14(21-16-7-10(2)22-23-16)20-15(19-9)8-11-12(17)4-3-5-13(11)18/h3-7H,8H2,1-2H3,(H,22,23). The van der Waals surface area contributed by atoms with Crippen molar-refractivity contribution in [2.24, 2.45) is 0 Å². The Kier molecular flexibility index (Phi) is 4.50. The number of hydrogen-bond acceptors (Lipinski definition) is 3. The van der Waals surface area contributed by atoms with E-state index in [1.54, 1.807) is 12.1 Å². The molecule has 0 aliphatic heterocycles. The third-order valence-electron chi connectivity index (χ3n) is 3.21. The van der Waals surface area contributed by atoms with Gasteiger partial charge in [0.05, 0.1) is 5.69 Å². The first kappa shape index (κ1) is 15.8. The fraction of sp³-hybridized carbons (Fsp3) is 0.188. The largest absolute Gasteiger partial charge is 0.261 e. The van der Waals surface area contributed by atoms with Crippen LogP contribution >= 0.6 is 23.2 Å². The SMILES string of the molecule is Cc1cc([N]c2cc(C)nc(Cc3c(Cl)cccc3Cl)n2)[nH]n1. The third kappa shape index (κ3) is 3.81. The predicted octanol–water partition coefficient (Wildman–Crippen LogP) is 4.28. The van der Waals surface area contributed by atoms with E-state index in [0.29, 0.717) is 33.9 Å². The zero-order chi connectivity index (χ0) is 16.4. The van der Waals surface area contributed by atoms with Gasteiger partial charge in [0.2, 0.25) is 0 Å². The molecule has 0 saturated heterocycles. The topological polar surface area (TPSA) is 68.6 Å². The van der Waals surface area contributed by atoms with Crippen LogP contribution in [0.2, 0.25) is 10.0 Å². The molecule has 0 fully saturated rings. The molecule has 7 heteroatoms. The first-order chi connectivity index (χ1) is 11.0. The third-order valence-corrected chi connectivity index (χ3v) is 3.92. The Morgan fingerprint density at radius 1 is 1.04 bits per heavy atom. The number of rotatable bonds is 4. The van der Waals surface area contributed by atoms with Crippen molar-refractivity contribution in [2.45, 2.75) is 20.3 Å². The zero-order valence-electron chi connectivity index (χ0n) is 12.6. The number of aromatic nitrogens is 4. The molecule has 0 aliphatic carbocycles. The highest BCUT2D eigenvalue weighted by Crippen LogP contribution is 2.26. The number of benzene rings is 1. The second-order valence-electron chi connectivity index (χ2n) is 5.17. The number of nitrogens with one attached hydrogen (secondary N) is 1. The van der Waals surface area contributed by atoms with Crippen molar-refractivity contribution in [1.82, 2.24) is 25.5 Å². The molecule has 5 nitrogen and oxygen atoms in total. The highest BCUT2D eigenvalue weighted by molar-refractivity contribution is 6.36. The van der Waals surface area contributed by atoms with Gasteiger partial charge in [-0.2, -0.15) is 5.10 Å². The van der Waals surface area contributed by atoms with Crippen LogP contribution in [0.1, 0.15) is 22.8 Å². The monoisotopic (exact) mass is 346 g/mol. The van der Waals surface area contributed by atoms with E-state index in [9.17, 15) is 0 Å². The fourth-order valence-corrected chi connectivity index (χ4v) is 2.73. The molecular formula is C16H14Cl2N5. The quantitative estimate of drug-likeness (QED) is 0.766. The van der Waals surface area contributed by atoms with E-state index in [0.717, 1.165) is 17.0 Å². The summed E-state index contributed by atoms with van der Waals surface area (Å²) in [7, 11) is 0. The first-order valence-electron chi connectivity index (χ1n) is 7.02. The number of aromatic amines is 1. The summed E-state index contributed by atoms with van der Waals surface area (Å²) in [6.45, 7) is 3.79. The molecule has 0 spiro atoms. The van der Waals surface area contributed by atoms with Gasteiger partial charge in [0.25, 0.3) is 0 Å². The van der Waals surface area contributed by atoms with Gasteiger partial charge in [-0.05, 0) is 31.5 Å². The van der Waals surface area contributed by atoms with E-state index in [2.05, 4.69) is 25.5 Å². The van der Waals surface area contributed by atoms with Crippen molar-refractivity contribution in [2.75, 3.05) is 0 Å². The predicted molar refractivity (Wildman–Crippen MR) is 90.8 cm³/mol. The Labute approximate surface area is 144 Å². The van der Waals surface area contributed by atoms with Crippen LogP contribution in [-0.4, -0.2) is 20.2 Å².